The Morgan fingerprint density at radius 3 is 2.29 bits per heavy atom. The Bertz CT molecular complexity index is 351. The third-order valence-corrected chi connectivity index (χ3v) is 3.30. The Morgan fingerprint density at radius 2 is 1.79 bits per heavy atom. The van der Waals surface area contributed by atoms with Crippen molar-refractivity contribution < 1.29 is 0 Å². The quantitative estimate of drug-likeness (QED) is 0.651. The van der Waals surface area contributed by atoms with Crippen LogP contribution in [-0.2, 0) is 0 Å². The van der Waals surface area contributed by atoms with Crippen LogP contribution in [0.5, 0.6) is 0 Å². The Morgan fingerprint density at radius 1 is 1.14 bits per heavy atom. The van der Waals surface area contributed by atoms with Crippen molar-refractivity contribution in [3.8, 4) is 0 Å². The Kier molecular flexibility index (Phi) is 2.32. The first-order chi connectivity index (χ1) is 6.70. The molecule has 0 radical (unpaired) electrons. The van der Waals surface area contributed by atoms with Crippen molar-refractivity contribution >= 4 is 0 Å². The van der Waals surface area contributed by atoms with Crippen molar-refractivity contribution in [2.24, 2.45) is 0 Å². The molecular weight excluding hydrogens is 170 g/mol. The normalized spacial score (nSPS) is 21.9. The molecule has 1 atom stereocenters. The zero-order valence-corrected chi connectivity index (χ0v) is 9.12. The first kappa shape index (κ1) is 9.32. The van der Waals surface area contributed by atoms with Gasteiger partial charge in [-0.25, -0.2) is 0 Å². The van der Waals surface area contributed by atoms with E-state index in [2.05, 4.69) is 56.1 Å². The molecule has 2 rings (SSSR count). The number of hydrogen-bond acceptors (Lipinski definition) is 1. The standard InChI is InChI=1S/C13H17N/c1-10-9-13(14(3)11(10)2)12-7-5-4-6-8-12/h4-8,13H,9H2,1-3H3. The molecule has 1 unspecified atom stereocenters. The minimum Gasteiger partial charge on any atom is -0.371 e. The van der Waals surface area contributed by atoms with E-state index in [0.29, 0.717) is 6.04 Å². The molecule has 0 spiro atoms. The van der Waals surface area contributed by atoms with Gasteiger partial charge in [0, 0.05) is 12.7 Å². The highest BCUT2D eigenvalue weighted by Gasteiger charge is 2.24. The summed E-state index contributed by atoms with van der Waals surface area (Å²) < 4.78 is 0. The summed E-state index contributed by atoms with van der Waals surface area (Å²) in [5.74, 6) is 0. The van der Waals surface area contributed by atoms with Gasteiger partial charge in [-0.2, -0.15) is 0 Å². The molecule has 0 fully saturated rings. The maximum absolute atomic E-state index is 2.38. The molecule has 0 amide bonds. The molecule has 1 heteroatoms. The molecule has 1 aromatic carbocycles. The van der Waals surface area contributed by atoms with E-state index in [0.717, 1.165) is 0 Å². The average Bonchev–Trinajstić information content (AvgIpc) is 2.47. The first-order valence-electron chi connectivity index (χ1n) is 5.14. The van der Waals surface area contributed by atoms with Crippen LogP contribution in [0.2, 0.25) is 0 Å². The fraction of sp³-hybridized carbons (Fsp3) is 0.385. The van der Waals surface area contributed by atoms with E-state index in [4.69, 9.17) is 0 Å². The zero-order chi connectivity index (χ0) is 10.1. The van der Waals surface area contributed by atoms with Crippen molar-refractivity contribution in [2.45, 2.75) is 26.3 Å². The smallest absolute Gasteiger partial charge is 0.0573 e. The van der Waals surface area contributed by atoms with Gasteiger partial charge in [-0.3, -0.25) is 0 Å². The second-order valence-electron chi connectivity index (χ2n) is 4.11. The molecule has 0 saturated carbocycles. The van der Waals surface area contributed by atoms with Crippen LogP contribution in [0.25, 0.3) is 0 Å². The topological polar surface area (TPSA) is 3.24 Å². The van der Waals surface area contributed by atoms with Crippen LogP contribution in [0.3, 0.4) is 0 Å². The third-order valence-electron chi connectivity index (χ3n) is 3.30. The molecule has 1 aliphatic rings. The summed E-state index contributed by atoms with van der Waals surface area (Å²) in [7, 11) is 2.18. The van der Waals surface area contributed by atoms with Crippen LogP contribution in [-0.4, -0.2) is 11.9 Å². The van der Waals surface area contributed by atoms with Crippen molar-refractivity contribution in [1.29, 1.82) is 0 Å². The summed E-state index contributed by atoms with van der Waals surface area (Å²) in [4.78, 5) is 2.38. The SMILES string of the molecule is CC1=C(C)N(C)C(c2ccccc2)C1. The maximum Gasteiger partial charge on any atom is 0.0573 e. The average molecular weight is 187 g/mol. The molecule has 0 aliphatic carbocycles. The van der Waals surface area contributed by atoms with Gasteiger partial charge in [0.15, 0.2) is 0 Å². The Hall–Kier alpha value is -1.24. The van der Waals surface area contributed by atoms with Crippen LogP contribution >= 0.6 is 0 Å². The van der Waals surface area contributed by atoms with E-state index in [1.165, 1.54) is 23.3 Å². The molecule has 0 saturated heterocycles. The molecule has 0 bridgehead atoms. The monoisotopic (exact) mass is 187 g/mol. The van der Waals surface area contributed by atoms with E-state index in [1.54, 1.807) is 0 Å². The number of hydrogen-bond donors (Lipinski definition) is 0. The molecule has 14 heavy (non-hydrogen) atoms. The number of rotatable bonds is 1. The van der Waals surface area contributed by atoms with Gasteiger partial charge in [-0.1, -0.05) is 35.9 Å². The van der Waals surface area contributed by atoms with E-state index in [1.807, 2.05) is 0 Å². The van der Waals surface area contributed by atoms with E-state index >= 15 is 0 Å². The van der Waals surface area contributed by atoms with Gasteiger partial charge in [0.05, 0.1) is 6.04 Å². The summed E-state index contributed by atoms with van der Waals surface area (Å²) in [5, 5.41) is 0. The van der Waals surface area contributed by atoms with Crippen molar-refractivity contribution in [3.05, 3.63) is 47.2 Å². The van der Waals surface area contributed by atoms with Gasteiger partial charge >= 0.3 is 0 Å². The lowest BCUT2D eigenvalue weighted by molar-refractivity contribution is 0.342. The van der Waals surface area contributed by atoms with E-state index < -0.39 is 0 Å². The molecule has 1 aliphatic heterocycles. The molecule has 1 nitrogen and oxygen atoms in total. The predicted molar refractivity (Wildman–Crippen MR) is 59.9 cm³/mol. The van der Waals surface area contributed by atoms with Crippen LogP contribution < -0.4 is 0 Å². The van der Waals surface area contributed by atoms with Gasteiger partial charge < -0.3 is 4.90 Å². The number of nitrogens with zero attached hydrogens (tertiary/aromatic N) is 1. The van der Waals surface area contributed by atoms with Crippen molar-refractivity contribution in [1.82, 2.24) is 4.90 Å². The zero-order valence-electron chi connectivity index (χ0n) is 9.12. The molecule has 0 N–H and O–H groups in total. The highest BCUT2D eigenvalue weighted by molar-refractivity contribution is 5.27. The van der Waals surface area contributed by atoms with Crippen molar-refractivity contribution in [2.75, 3.05) is 7.05 Å². The summed E-state index contributed by atoms with van der Waals surface area (Å²) >= 11 is 0. The maximum atomic E-state index is 2.38. The van der Waals surface area contributed by atoms with Crippen LogP contribution in [0.4, 0.5) is 0 Å². The predicted octanol–water partition coefficient (Wildman–Crippen LogP) is 3.36. The Labute approximate surface area is 86.1 Å². The van der Waals surface area contributed by atoms with Gasteiger partial charge in [-0.15, -0.1) is 0 Å². The lowest BCUT2D eigenvalue weighted by atomic mass is 10.0. The third kappa shape index (κ3) is 1.43. The van der Waals surface area contributed by atoms with Crippen LogP contribution in [0, 0.1) is 0 Å². The van der Waals surface area contributed by atoms with Crippen LogP contribution in [0.1, 0.15) is 31.9 Å². The summed E-state index contributed by atoms with van der Waals surface area (Å²) in [6, 6.07) is 11.3. The second-order valence-corrected chi connectivity index (χ2v) is 4.11. The summed E-state index contributed by atoms with van der Waals surface area (Å²) in [5.41, 5.74) is 4.37. The molecule has 74 valence electrons. The first-order valence-corrected chi connectivity index (χ1v) is 5.14. The highest BCUT2D eigenvalue weighted by atomic mass is 15.2. The molecular formula is C13H17N. The van der Waals surface area contributed by atoms with E-state index in [-0.39, 0.29) is 0 Å². The van der Waals surface area contributed by atoms with E-state index in [9.17, 15) is 0 Å². The molecule has 1 aromatic rings. The second kappa shape index (κ2) is 3.49. The lowest BCUT2D eigenvalue weighted by Gasteiger charge is -2.24. The Balaban J connectivity index is 2.25. The van der Waals surface area contributed by atoms with Gasteiger partial charge in [0.25, 0.3) is 0 Å². The fourth-order valence-electron chi connectivity index (χ4n) is 2.13. The highest BCUT2D eigenvalue weighted by Crippen LogP contribution is 2.36. The minimum atomic E-state index is 0.552. The minimum absolute atomic E-state index is 0.552. The molecule has 0 aromatic heterocycles. The number of allylic oxidation sites excluding steroid dienone is 1. The molecule has 1 heterocycles. The summed E-state index contributed by atoms with van der Waals surface area (Å²) in [6.45, 7) is 4.44. The van der Waals surface area contributed by atoms with Crippen LogP contribution in [0.15, 0.2) is 41.6 Å². The van der Waals surface area contributed by atoms with Gasteiger partial charge in [0.1, 0.15) is 0 Å². The number of benzene rings is 1. The van der Waals surface area contributed by atoms with Crippen molar-refractivity contribution in [3.63, 3.8) is 0 Å². The largest absolute Gasteiger partial charge is 0.371 e. The fourth-order valence-corrected chi connectivity index (χ4v) is 2.13. The van der Waals surface area contributed by atoms with Gasteiger partial charge in [-0.05, 0) is 25.8 Å². The summed E-state index contributed by atoms with van der Waals surface area (Å²) in [6.07, 6.45) is 1.17. The van der Waals surface area contributed by atoms with Gasteiger partial charge in [0.2, 0.25) is 0 Å². The lowest BCUT2D eigenvalue weighted by Crippen LogP contribution is -2.17.